The lowest BCUT2D eigenvalue weighted by molar-refractivity contribution is -0.439. The maximum atomic E-state index is 14.7. The van der Waals surface area contributed by atoms with Crippen LogP contribution in [0.5, 0.6) is 0 Å². The highest BCUT2D eigenvalue weighted by molar-refractivity contribution is 5.98. The Labute approximate surface area is 290 Å². The molecule has 13 heteroatoms. The Morgan fingerprint density at radius 1 is 1.06 bits per heavy atom. The van der Waals surface area contributed by atoms with Gasteiger partial charge in [-0.15, -0.1) is 0 Å². The first-order valence-electron chi connectivity index (χ1n) is 16.9. The summed E-state index contributed by atoms with van der Waals surface area (Å²) in [5.41, 5.74) is -6.33. The predicted molar refractivity (Wildman–Crippen MR) is 174 cm³/mol. The topological polar surface area (TPSA) is 195 Å². The van der Waals surface area contributed by atoms with Crippen molar-refractivity contribution < 1.29 is 58.2 Å². The fourth-order valence-electron chi connectivity index (χ4n) is 10.1. The van der Waals surface area contributed by atoms with E-state index in [4.69, 9.17) is 18.9 Å². The largest absolute Gasteiger partial charge is 0.456 e. The average molecular weight is 696 g/mol. The summed E-state index contributed by atoms with van der Waals surface area (Å²) in [5.74, 6) is -3.65. The molecular weight excluding hydrogens is 650 g/mol. The van der Waals surface area contributed by atoms with E-state index in [0.717, 1.165) is 6.92 Å². The molecule has 270 valence electrons. The molecule has 6 rings (SSSR count). The van der Waals surface area contributed by atoms with Crippen molar-refractivity contribution in [2.24, 2.45) is 16.2 Å². The third-order valence-corrected chi connectivity index (χ3v) is 12.7. The van der Waals surface area contributed by atoms with Crippen LogP contribution in [-0.2, 0) is 42.9 Å². The van der Waals surface area contributed by atoms with Crippen molar-refractivity contribution in [2.75, 3.05) is 6.61 Å². The number of hydrogen-bond acceptors (Lipinski definition) is 12. The summed E-state index contributed by atoms with van der Waals surface area (Å²) in [7, 11) is 0. The summed E-state index contributed by atoms with van der Waals surface area (Å²) in [6.07, 6.45) is -5.49. The van der Waals surface area contributed by atoms with Crippen LogP contribution < -0.4 is 5.32 Å². The molecule has 1 aromatic carbocycles. The zero-order chi connectivity index (χ0) is 36.8. The van der Waals surface area contributed by atoms with E-state index in [9.17, 15) is 39.3 Å². The number of Topliss-reactive ketones (excluding diaryl/α,β-unsaturated/α-hetero) is 1. The van der Waals surface area contributed by atoms with Crippen LogP contribution in [0.1, 0.15) is 79.3 Å². The quantitative estimate of drug-likeness (QED) is 0.134. The predicted octanol–water partition coefficient (Wildman–Crippen LogP) is 1.92. The molecule has 50 heavy (non-hydrogen) atoms. The number of fused-ring (bicyclic) bond motifs is 1. The van der Waals surface area contributed by atoms with Gasteiger partial charge in [0.25, 0.3) is 0 Å². The molecule has 0 aromatic heterocycles. The lowest BCUT2D eigenvalue weighted by Crippen LogP contribution is -2.94. The Hall–Kier alpha value is -3.91. The Morgan fingerprint density at radius 2 is 1.72 bits per heavy atom. The minimum atomic E-state index is -1.88. The molecule has 11 atom stereocenters. The second kappa shape index (κ2) is 11.8. The van der Waals surface area contributed by atoms with Crippen LogP contribution in [0.3, 0.4) is 0 Å². The number of allylic oxidation sites excluding steroid dienone is 1. The van der Waals surface area contributed by atoms with Crippen molar-refractivity contribution in [3.8, 4) is 0 Å². The van der Waals surface area contributed by atoms with Crippen LogP contribution in [0, 0.1) is 16.2 Å². The molecule has 1 spiro atoms. The van der Waals surface area contributed by atoms with Gasteiger partial charge in [0.05, 0.1) is 29.8 Å². The SMILES string of the molecule is C/C=C(\C)C(=O)N[C@@H](c1ccccc1)[C@@H](O)C(=O)O[C@H]1C[C@@]2(O)CC34[C@]5(OC(C)=O)CO[C@@H]5C[C@H](O)[C@@]3(C)C(=O)[C@H](OC(C)=O)C(=C1C)[C@]42C. The van der Waals surface area contributed by atoms with Crippen molar-refractivity contribution >= 4 is 29.6 Å². The molecule has 0 bridgehead atoms. The first kappa shape index (κ1) is 35.9. The summed E-state index contributed by atoms with van der Waals surface area (Å²) >= 11 is 0. The van der Waals surface area contributed by atoms with E-state index in [-0.39, 0.29) is 31.4 Å². The van der Waals surface area contributed by atoms with Crippen LogP contribution in [0.2, 0.25) is 0 Å². The third kappa shape index (κ3) is 4.42. The van der Waals surface area contributed by atoms with E-state index in [0.29, 0.717) is 16.7 Å². The Morgan fingerprint density at radius 3 is 2.28 bits per heavy atom. The molecule has 4 aliphatic carbocycles. The number of esters is 3. The van der Waals surface area contributed by atoms with E-state index in [1.54, 1.807) is 71.0 Å². The van der Waals surface area contributed by atoms with E-state index < -0.39 is 93.6 Å². The number of aliphatic hydroxyl groups is 3. The molecule has 1 saturated heterocycles. The molecule has 1 aliphatic heterocycles. The van der Waals surface area contributed by atoms with Crippen LogP contribution in [0.25, 0.3) is 0 Å². The van der Waals surface area contributed by atoms with Crippen molar-refractivity contribution in [1.29, 1.82) is 0 Å². The van der Waals surface area contributed by atoms with Gasteiger partial charge in [0.2, 0.25) is 5.91 Å². The van der Waals surface area contributed by atoms with Gasteiger partial charge in [0.15, 0.2) is 23.6 Å². The smallest absolute Gasteiger partial charge is 0.338 e. The highest BCUT2D eigenvalue weighted by Gasteiger charge is 2.94. The maximum absolute atomic E-state index is 14.7. The van der Waals surface area contributed by atoms with Gasteiger partial charge in [0, 0.05) is 43.1 Å². The molecule has 4 N–H and O–H groups in total. The second-order valence-corrected chi connectivity index (χ2v) is 14.8. The summed E-state index contributed by atoms with van der Waals surface area (Å²) in [6, 6.07) is 7.22. The van der Waals surface area contributed by atoms with Gasteiger partial charge in [-0.2, -0.15) is 0 Å². The van der Waals surface area contributed by atoms with E-state index in [2.05, 4.69) is 5.32 Å². The van der Waals surface area contributed by atoms with E-state index in [1.165, 1.54) is 6.92 Å². The molecule has 13 nitrogen and oxygen atoms in total. The molecule has 1 unspecified atom stereocenters. The summed E-state index contributed by atoms with van der Waals surface area (Å²) in [5, 5.41) is 38.4. The van der Waals surface area contributed by atoms with Gasteiger partial charge < -0.3 is 39.6 Å². The molecule has 0 radical (unpaired) electrons. The van der Waals surface area contributed by atoms with Crippen LogP contribution in [0.4, 0.5) is 0 Å². The Balaban J connectivity index is 1.45. The number of rotatable bonds is 8. The number of ketones is 1. The molecule has 3 saturated carbocycles. The van der Waals surface area contributed by atoms with E-state index >= 15 is 0 Å². The summed E-state index contributed by atoms with van der Waals surface area (Å²) in [4.78, 5) is 66.6. The lowest BCUT2D eigenvalue weighted by atomic mass is 9.21. The number of hydrogen-bond donors (Lipinski definition) is 4. The van der Waals surface area contributed by atoms with Crippen LogP contribution in [-0.4, -0.2) is 93.2 Å². The first-order chi connectivity index (χ1) is 23.4. The van der Waals surface area contributed by atoms with Gasteiger partial charge in [-0.25, -0.2) is 4.79 Å². The number of amides is 1. The number of carbonyl (C=O) groups excluding carboxylic acids is 5. The molecule has 1 aromatic rings. The third-order valence-electron chi connectivity index (χ3n) is 12.7. The summed E-state index contributed by atoms with van der Waals surface area (Å²) < 4.78 is 23.6. The molecule has 1 amide bonds. The van der Waals surface area contributed by atoms with Crippen molar-refractivity contribution in [3.63, 3.8) is 0 Å². The molecule has 4 fully saturated rings. The van der Waals surface area contributed by atoms with Crippen molar-refractivity contribution in [3.05, 3.63) is 58.7 Å². The zero-order valence-electron chi connectivity index (χ0n) is 29.3. The minimum absolute atomic E-state index is 0.0264. The van der Waals surface area contributed by atoms with Crippen molar-refractivity contribution in [1.82, 2.24) is 5.32 Å². The van der Waals surface area contributed by atoms with Gasteiger partial charge >= 0.3 is 17.9 Å². The lowest BCUT2D eigenvalue weighted by Gasteiger charge is -2.84. The zero-order valence-corrected chi connectivity index (χ0v) is 29.3. The molecule has 1 heterocycles. The molecule has 5 aliphatic rings. The van der Waals surface area contributed by atoms with E-state index in [1.807, 2.05) is 0 Å². The first-order valence-corrected chi connectivity index (χ1v) is 16.9. The number of carbonyl (C=O) groups is 5. The van der Waals surface area contributed by atoms with Gasteiger partial charge in [-0.1, -0.05) is 43.3 Å². The standard InChI is InChI=1S/C37H45NO12/c1-8-18(2)31(44)38-27(22-12-10-9-11-13-22)28(42)32(45)49-23-15-35(46)16-37-33(6,24(41)14-25-36(37,17-47-25)50-21(5)40)30(43)29(48-20(4)39)26(19(23)3)34(35,37)7/h8-13,23-25,27-29,41-42,46H,14-17H2,1-7H3,(H,38,44)/b18-8+/t23-,24-,25+,27-,28+,29+,33-,34-,35+,36-,37?/m0/s1. The van der Waals surface area contributed by atoms with Gasteiger partial charge in [0.1, 0.15) is 12.2 Å². The normalized spacial score (nSPS) is 39.6. The van der Waals surface area contributed by atoms with Crippen LogP contribution in [0.15, 0.2) is 53.1 Å². The summed E-state index contributed by atoms with van der Waals surface area (Å²) in [6.45, 7) is 10.5. The van der Waals surface area contributed by atoms with Crippen molar-refractivity contribution in [2.45, 2.75) is 115 Å². The second-order valence-electron chi connectivity index (χ2n) is 14.8. The average Bonchev–Trinajstić information content (AvgIpc) is 3.06. The van der Waals surface area contributed by atoms with Crippen LogP contribution >= 0.6 is 0 Å². The number of ether oxygens (including phenoxy) is 4. The minimum Gasteiger partial charge on any atom is -0.456 e. The number of benzene rings is 1. The van der Waals surface area contributed by atoms with Gasteiger partial charge in [-0.3, -0.25) is 19.2 Å². The Kier molecular flexibility index (Phi) is 8.49. The number of nitrogens with one attached hydrogen (secondary N) is 1. The fraction of sp³-hybridized carbons (Fsp3) is 0.595. The fourth-order valence-corrected chi connectivity index (χ4v) is 10.1. The van der Waals surface area contributed by atoms with Gasteiger partial charge in [-0.05, 0) is 50.8 Å². The maximum Gasteiger partial charge on any atom is 0.338 e. The molecular formula is C37H45NO12. The monoisotopic (exact) mass is 695 g/mol. The highest BCUT2D eigenvalue weighted by atomic mass is 16.6. The number of aliphatic hydroxyl groups excluding tert-OH is 2. The Bertz CT molecular complexity index is 1720. The highest BCUT2D eigenvalue weighted by Crippen LogP contribution is 2.85.